The van der Waals surface area contributed by atoms with Gasteiger partial charge in [0.2, 0.25) is 0 Å². The zero-order valence-electron chi connectivity index (χ0n) is 11.2. The van der Waals surface area contributed by atoms with Gasteiger partial charge in [-0.1, -0.05) is 6.07 Å². The summed E-state index contributed by atoms with van der Waals surface area (Å²) in [6, 6.07) is 3.95. The molecule has 20 heavy (non-hydrogen) atoms. The predicted octanol–water partition coefficient (Wildman–Crippen LogP) is 2.35. The first-order valence-electron chi connectivity index (χ1n) is 6.74. The lowest BCUT2D eigenvalue weighted by Crippen LogP contribution is -2.21. The van der Waals surface area contributed by atoms with Crippen LogP contribution in [0.4, 0.5) is 8.78 Å². The van der Waals surface area contributed by atoms with Crippen LogP contribution < -0.4 is 5.32 Å². The molecule has 1 atom stereocenters. The van der Waals surface area contributed by atoms with Crippen molar-refractivity contribution in [1.82, 2.24) is 20.1 Å². The van der Waals surface area contributed by atoms with Crippen molar-refractivity contribution in [3.05, 3.63) is 47.0 Å². The Morgan fingerprint density at radius 3 is 2.95 bits per heavy atom. The van der Waals surface area contributed by atoms with Crippen LogP contribution in [-0.4, -0.2) is 14.8 Å². The summed E-state index contributed by atoms with van der Waals surface area (Å²) < 4.78 is 28.1. The normalized spacial score (nSPS) is 15.3. The number of aromatic nitrogens is 3. The van der Waals surface area contributed by atoms with E-state index in [1.165, 1.54) is 6.07 Å². The molecule has 1 N–H and O–H groups in total. The van der Waals surface area contributed by atoms with Crippen LogP contribution in [0, 0.1) is 11.6 Å². The van der Waals surface area contributed by atoms with E-state index in [1.54, 1.807) is 6.07 Å². The zero-order chi connectivity index (χ0) is 14.1. The van der Waals surface area contributed by atoms with Gasteiger partial charge in [-0.15, -0.1) is 10.2 Å². The van der Waals surface area contributed by atoms with Crippen LogP contribution in [0.2, 0.25) is 0 Å². The summed E-state index contributed by atoms with van der Waals surface area (Å²) in [4.78, 5) is 0. The molecule has 1 aromatic carbocycles. The molecule has 0 aliphatic carbocycles. The topological polar surface area (TPSA) is 42.7 Å². The Morgan fingerprint density at radius 1 is 1.30 bits per heavy atom. The minimum atomic E-state index is -0.822. The van der Waals surface area contributed by atoms with Gasteiger partial charge in [-0.25, -0.2) is 8.78 Å². The van der Waals surface area contributed by atoms with Gasteiger partial charge in [0, 0.05) is 19.5 Å². The lowest BCUT2D eigenvalue weighted by Gasteiger charge is -2.14. The number of hydrogen-bond acceptors (Lipinski definition) is 3. The lowest BCUT2D eigenvalue weighted by molar-refractivity contribution is 0.497. The first kappa shape index (κ1) is 13.2. The summed E-state index contributed by atoms with van der Waals surface area (Å²) in [6.45, 7) is 3.41. The Morgan fingerprint density at radius 2 is 2.15 bits per heavy atom. The summed E-state index contributed by atoms with van der Waals surface area (Å²) in [6.07, 6.45) is 2.08. The summed E-state index contributed by atoms with van der Waals surface area (Å²) in [5, 5.41) is 11.6. The highest BCUT2D eigenvalue weighted by atomic mass is 19.2. The third-order valence-electron chi connectivity index (χ3n) is 3.62. The summed E-state index contributed by atoms with van der Waals surface area (Å²) >= 11 is 0. The highest BCUT2D eigenvalue weighted by Crippen LogP contribution is 2.19. The van der Waals surface area contributed by atoms with Gasteiger partial charge in [0.05, 0.1) is 6.04 Å². The van der Waals surface area contributed by atoms with E-state index in [1.807, 2.05) is 6.92 Å². The molecule has 3 rings (SSSR count). The molecule has 1 aliphatic rings. The molecule has 6 heteroatoms. The van der Waals surface area contributed by atoms with Crippen molar-refractivity contribution < 1.29 is 8.78 Å². The molecule has 1 aliphatic heterocycles. The third kappa shape index (κ3) is 2.43. The van der Waals surface area contributed by atoms with Gasteiger partial charge in [0.1, 0.15) is 11.6 Å². The molecular weight excluding hydrogens is 262 g/mol. The molecule has 4 nitrogen and oxygen atoms in total. The van der Waals surface area contributed by atoms with E-state index in [-0.39, 0.29) is 6.04 Å². The quantitative estimate of drug-likeness (QED) is 0.933. The minimum absolute atomic E-state index is 0.0162. The molecule has 0 spiro atoms. The molecule has 0 amide bonds. The molecular formula is C14H16F2N4. The zero-order valence-corrected chi connectivity index (χ0v) is 11.2. The number of benzene rings is 1. The first-order chi connectivity index (χ1) is 9.65. The number of aryl methyl sites for hydroxylation is 1. The van der Waals surface area contributed by atoms with E-state index in [0.29, 0.717) is 12.1 Å². The molecule has 2 aromatic rings. The van der Waals surface area contributed by atoms with E-state index in [0.717, 1.165) is 37.1 Å². The largest absolute Gasteiger partial charge is 0.314 e. The molecule has 0 saturated carbocycles. The number of rotatable bonds is 4. The van der Waals surface area contributed by atoms with Gasteiger partial charge in [0.15, 0.2) is 11.6 Å². The van der Waals surface area contributed by atoms with Crippen LogP contribution in [0.5, 0.6) is 0 Å². The summed E-state index contributed by atoms with van der Waals surface area (Å²) in [5.74, 6) is 0.291. The Balaban J connectivity index is 1.67. The van der Waals surface area contributed by atoms with E-state index in [2.05, 4.69) is 20.1 Å². The highest BCUT2D eigenvalue weighted by Gasteiger charge is 2.20. The number of hydrogen-bond donors (Lipinski definition) is 1. The molecule has 0 bridgehead atoms. The maximum absolute atomic E-state index is 13.1. The molecule has 0 saturated heterocycles. The lowest BCUT2D eigenvalue weighted by atomic mass is 10.2. The second-order valence-corrected chi connectivity index (χ2v) is 5.08. The fraction of sp³-hybridized carbons (Fsp3) is 0.429. The Hall–Kier alpha value is -1.82. The van der Waals surface area contributed by atoms with Crippen molar-refractivity contribution in [1.29, 1.82) is 0 Å². The maximum atomic E-state index is 13.1. The SMILES string of the molecule is CC(NCc1ccc(F)c(F)c1)c1nnc2n1CCC2. The van der Waals surface area contributed by atoms with E-state index < -0.39 is 11.6 Å². The van der Waals surface area contributed by atoms with Crippen LogP contribution in [0.15, 0.2) is 18.2 Å². The van der Waals surface area contributed by atoms with Crippen molar-refractivity contribution in [2.45, 2.75) is 38.9 Å². The molecule has 106 valence electrons. The van der Waals surface area contributed by atoms with Crippen LogP contribution in [0.3, 0.4) is 0 Å². The minimum Gasteiger partial charge on any atom is -0.314 e. The van der Waals surface area contributed by atoms with E-state index in [9.17, 15) is 8.78 Å². The van der Waals surface area contributed by atoms with E-state index >= 15 is 0 Å². The van der Waals surface area contributed by atoms with Gasteiger partial charge in [-0.2, -0.15) is 0 Å². The van der Waals surface area contributed by atoms with Gasteiger partial charge in [-0.05, 0) is 31.0 Å². The number of nitrogens with one attached hydrogen (secondary N) is 1. The summed E-state index contributed by atoms with van der Waals surface area (Å²) in [7, 11) is 0. The van der Waals surface area contributed by atoms with Crippen LogP contribution in [-0.2, 0) is 19.5 Å². The van der Waals surface area contributed by atoms with Gasteiger partial charge in [-0.3, -0.25) is 0 Å². The third-order valence-corrected chi connectivity index (χ3v) is 3.62. The predicted molar refractivity (Wildman–Crippen MR) is 70.0 cm³/mol. The molecule has 1 aromatic heterocycles. The fourth-order valence-electron chi connectivity index (χ4n) is 2.51. The van der Waals surface area contributed by atoms with Crippen LogP contribution in [0.1, 0.15) is 36.6 Å². The van der Waals surface area contributed by atoms with Crippen LogP contribution >= 0.6 is 0 Å². The molecule has 0 radical (unpaired) electrons. The smallest absolute Gasteiger partial charge is 0.159 e. The monoisotopic (exact) mass is 278 g/mol. The van der Waals surface area contributed by atoms with Gasteiger partial charge < -0.3 is 9.88 Å². The van der Waals surface area contributed by atoms with Gasteiger partial charge >= 0.3 is 0 Å². The fourth-order valence-corrected chi connectivity index (χ4v) is 2.51. The van der Waals surface area contributed by atoms with E-state index in [4.69, 9.17) is 0 Å². The van der Waals surface area contributed by atoms with Crippen molar-refractivity contribution >= 4 is 0 Å². The first-order valence-corrected chi connectivity index (χ1v) is 6.74. The Bertz CT molecular complexity index is 624. The maximum Gasteiger partial charge on any atom is 0.159 e. The number of fused-ring (bicyclic) bond motifs is 1. The van der Waals surface area contributed by atoms with Crippen molar-refractivity contribution in [3.63, 3.8) is 0 Å². The highest BCUT2D eigenvalue weighted by molar-refractivity contribution is 5.18. The van der Waals surface area contributed by atoms with Gasteiger partial charge in [0.25, 0.3) is 0 Å². The van der Waals surface area contributed by atoms with Crippen molar-refractivity contribution in [2.24, 2.45) is 0 Å². The van der Waals surface area contributed by atoms with Crippen LogP contribution in [0.25, 0.3) is 0 Å². The number of halogens is 2. The second kappa shape index (κ2) is 5.28. The molecule has 0 fully saturated rings. The Kier molecular flexibility index (Phi) is 3.48. The second-order valence-electron chi connectivity index (χ2n) is 5.08. The average molecular weight is 278 g/mol. The molecule has 2 heterocycles. The number of nitrogens with zero attached hydrogens (tertiary/aromatic N) is 3. The summed E-state index contributed by atoms with van der Waals surface area (Å²) in [5.41, 5.74) is 0.705. The standard InChI is InChI=1S/C14H16F2N4/c1-9(14-19-18-13-3-2-6-20(13)14)17-8-10-4-5-11(15)12(16)7-10/h4-5,7,9,17H,2-3,6,8H2,1H3. The molecule has 1 unspecified atom stereocenters. The average Bonchev–Trinajstić information content (AvgIpc) is 3.02. The van der Waals surface area contributed by atoms with Crippen molar-refractivity contribution in [2.75, 3.05) is 0 Å². The van der Waals surface area contributed by atoms with Crippen molar-refractivity contribution in [3.8, 4) is 0 Å². The Labute approximate surface area is 115 Å².